The molecule has 4 rings (SSSR count). The fourth-order valence-electron chi connectivity index (χ4n) is 3.43. The average Bonchev–Trinajstić information content (AvgIpc) is 2.99. The van der Waals surface area contributed by atoms with E-state index in [1.807, 2.05) is 65.6 Å². The van der Waals surface area contributed by atoms with Gasteiger partial charge in [0.1, 0.15) is 11.4 Å². The highest BCUT2D eigenvalue weighted by atomic mass is 16.2. The van der Waals surface area contributed by atoms with E-state index in [-0.39, 0.29) is 11.8 Å². The van der Waals surface area contributed by atoms with Crippen LogP contribution in [-0.2, 0) is 4.79 Å². The molecule has 25 heavy (non-hydrogen) atoms. The molecule has 2 heterocycles. The Hall–Kier alpha value is -2.95. The van der Waals surface area contributed by atoms with Crippen molar-refractivity contribution in [2.45, 2.75) is 18.5 Å². The van der Waals surface area contributed by atoms with E-state index in [1.165, 1.54) is 0 Å². The lowest BCUT2D eigenvalue weighted by molar-refractivity contribution is -0.115. The minimum absolute atomic E-state index is 0.0343. The lowest BCUT2D eigenvalue weighted by Gasteiger charge is -2.37. The van der Waals surface area contributed by atoms with Gasteiger partial charge in [0.2, 0.25) is 0 Å². The van der Waals surface area contributed by atoms with Gasteiger partial charge in [-0.1, -0.05) is 48.5 Å². The topological polar surface area (TPSA) is 61.8 Å². The second-order valence-corrected chi connectivity index (χ2v) is 6.47. The maximum Gasteiger partial charge on any atom is 0.272 e. The smallest absolute Gasteiger partial charge is 0.272 e. The molecule has 0 atom stereocenters. The summed E-state index contributed by atoms with van der Waals surface area (Å²) < 4.78 is 0. The Morgan fingerprint density at radius 3 is 2.20 bits per heavy atom. The molecule has 1 spiro atoms. The number of nitrogens with one attached hydrogen (secondary N) is 1. The standard InChI is InChI=1S/C20H19N3O2/c24-18-17(15-7-3-1-4-8-15)21-20(22-18)11-13-23(14-12-20)19(25)16-9-5-2-6-10-16/h1-10H,11-14H2,(H,22,24). The van der Waals surface area contributed by atoms with Crippen LogP contribution >= 0.6 is 0 Å². The van der Waals surface area contributed by atoms with E-state index in [9.17, 15) is 9.59 Å². The Balaban J connectivity index is 1.49. The molecule has 0 bridgehead atoms. The third-order valence-electron chi connectivity index (χ3n) is 4.83. The van der Waals surface area contributed by atoms with Gasteiger partial charge in [0.05, 0.1) is 0 Å². The molecule has 1 N–H and O–H groups in total. The van der Waals surface area contributed by atoms with Gasteiger partial charge in [-0.2, -0.15) is 0 Å². The summed E-state index contributed by atoms with van der Waals surface area (Å²) in [5.74, 6) is -0.0962. The second kappa shape index (κ2) is 6.16. The normalized spacial score (nSPS) is 18.8. The van der Waals surface area contributed by atoms with Crippen LogP contribution in [0, 0.1) is 0 Å². The van der Waals surface area contributed by atoms with Crippen molar-refractivity contribution in [2.75, 3.05) is 13.1 Å². The van der Waals surface area contributed by atoms with Crippen LogP contribution in [0.2, 0.25) is 0 Å². The van der Waals surface area contributed by atoms with Gasteiger partial charge >= 0.3 is 0 Å². The molecule has 5 nitrogen and oxygen atoms in total. The molecule has 2 aliphatic rings. The number of nitrogens with zero attached hydrogens (tertiary/aromatic N) is 2. The molecule has 0 aliphatic carbocycles. The van der Waals surface area contributed by atoms with E-state index >= 15 is 0 Å². The third kappa shape index (κ3) is 2.93. The third-order valence-corrected chi connectivity index (χ3v) is 4.83. The van der Waals surface area contributed by atoms with E-state index in [4.69, 9.17) is 4.99 Å². The van der Waals surface area contributed by atoms with Crippen LogP contribution in [0.5, 0.6) is 0 Å². The summed E-state index contributed by atoms with van der Waals surface area (Å²) in [6.45, 7) is 1.17. The maximum absolute atomic E-state index is 12.6. The van der Waals surface area contributed by atoms with Crippen molar-refractivity contribution in [1.82, 2.24) is 10.2 Å². The molecule has 0 radical (unpaired) electrons. The first kappa shape index (κ1) is 15.6. The summed E-state index contributed by atoms with van der Waals surface area (Å²) in [4.78, 5) is 31.5. The van der Waals surface area contributed by atoms with Crippen molar-refractivity contribution in [3.05, 3.63) is 71.8 Å². The second-order valence-electron chi connectivity index (χ2n) is 6.47. The Bertz CT molecular complexity index is 823. The van der Waals surface area contributed by atoms with Crippen LogP contribution in [0.15, 0.2) is 65.7 Å². The quantitative estimate of drug-likeness (QED) is 0.916. The molecule has 5 heteroatoms. The molecule has 2 amide bonds. The lowest BCUT2D eigenvalue weighted by atomic mass is 9.97. The highest BCUT2D eigenvalue weighted by Gasteiger charge is 2.42. The molecule has 2 aromatic rings. The van der Waals surface area contributed by atoms with Gasteiger partial charge in [-0.3, -0.25) is 14.6 Å². The molecule has 1 fully saturated rings. The van der Waals surface area contributed by atoms with E-state index in [2.05, 4.69) is 5.32 Å². The summed E-state index contributed by atoms with van der Waals surface area (Å²) in [5.41, 5.74) is 1.45. The van der Waals surface area contributed by atoms with Crippen LogP contribution in [0.4, 0.5) is 0 Å². The summed E-state index contributed by atoms with van der Waals surface area (Å²) >= 11 is 0. The number of piperidine rings is 1. The van der Waals surface area contributed by atoms with Gasteiger partial charge in [0.15, 0.2) is 0 Å². The van der Waals surface area contributed by atoms with Crippen LogP contribution in [0.1, 0.15) is 28.8 Å². The molecular weight excluding hydrogens is 314 g/mol. The first-order chi connectivity index (χ1) is 12.2. The van der Waals surface area contributed by atoms with E-state index < -0.39 is 5.66 Å². The maximum atomic E-state index is 12.6. The number of carbonyl (C=O) groups is 2. The Kier molecular flexibility index (Phi) is 3.84. The number of carbonyl (C=O) groups excluding carboxylic acids is 2. The van der Waals surface area contributed by atoms with Crippen LogP contribution in [0.25, 0.3) is 0 Å². The van der Waals surface area contributed by atoms with Crippen molar-refractivity contribution in [3.63, 3.8) is 0 Å². The summed E-state index contributed by atoms with van der Waals surface area (Å²) in [5, 5.41) is 3.04. The van der Waals surface area contributed by atoms with Gasteiger partial charge in [-0.15, -0.1) is 0 Å². The summed E-state index contributed by atoms with van der Waals surface area (Å²) in [6.07, 6.45) is 1.27. The molecule has 2 aliphatic heterocycles. The molecule has 2 aromatic carbocycles. The number of hydrogen-bond acceptors (Lipinski definition) is 3. The largest absolute Gasteiger partial charge is 0.338 e. The van der Waals surface area contributed by atoms with E-state index in [0.717, 1.165) is 5.56 Å². The monoisotopic (exact) mass is 333 g/mol. The fourth-order valence-corrected chi connectivity index (χ4v) is 3.43. The Morgan fingerprint density at radius 2 is 1.56 bits per heavy atom. The van der Waals surface area contributed by atoms with Crippen molar-refractivity contribution in [1.29, 1.82) is 0 Å². The number of amides is 2. The SMILES string of the molecule is O=C1NC2(CCN(C(=O)c3ccccc3)CC2)N=C1c1ccccc1. The molecule has 1 saturated heterocycles. The number of likely N-dealkylation sites (tertiary alicyclic amines) is 1. The van der Waals surface area contributed by atoms with Crippen molar-refractivity contribution >= 4 is 17.5 Å². The zero-order valence-electron chi connectivity index (χ0n) is 13.8. The van der Waals surface area contributed by atoms with Crippen LogP contribution in [0.3, 0.4) is 0 Å². The van der Waals surface area contributed by atoms with Crippen LogP contribution < -0.4 is 5.32 Å². The fraction of sp³-hybridized carbons (Fsp3) is 0.250. The number of aliphatic imine (C=N–C) groups is 1. The predicted octanol–water partition coefficient (Wildman–Crippen LogP) is 2.24. The summed E-state index contributed by atoms with van der Waals surface area (Å²) in [7, 11) is 0. The van der Waals surface area contributed by atoms with Crippen molar-refractivity contribution < 1.29 is 9.59 Å². The number of hydrogen-bond donors (Lipinski definition) is 1. The minimum atomic E-state index is -0.574. The van der Waals surface area contributed by atoms with Gasteiger partial charge in [-0.05, 0) is 12.1 Å². The van der Waals surface area contributed by atoms with Crippen molar-refractivity contribution in [2.24, 2.45) is 4.99 Å². The van der Waals surface area contributed by atoms with Crippen molar-refractivity contribution in [3.8, 4) is 0 Å². The highest BCUT2D eigenvalue weighted by Crippen LogP contribution is 2.29. The summed E-state index contributed by atoms with van der Waals surface area (Å²) in [6, 6.07) is 18.8. The zero-order valence-corrected chi connectivity index (χ0v) is 13.8. The zero-order chi connectivity index (χ0) is 17.3. The van der Waals surface area contributed by atoms with Gasteiger partial charge in [0, 0.05) is 37.1 Å². The molecule has 0 saturated carbocycles. The first-order valence-electron chi connectivity index (χ1n) is 8.49. The minimum Gasteiger partial charge on any atom is -0.338 e. The molecule has 0 aromatic heterocycles. The average molecular weight is 333 g/mol. The van der Waals surface area contributed by atoms with E-state index in [0.29, 0.717) is 37.2 Å². The van der Waals surface area contributed by atoms with Gasteiger partial charge in [-0.25, -0.2) is 0 Å². The predicted molar refractivity (Wildman–Crippen MR) is 95.4 cm³/mol. The highest BCUT2D eigenvalue weighted by molar-refractivity contribution is 6.46. The first-order valence-corrected chi connectivity index (χ1v) is 8.49. The van der Waals surface area contributed by atoms with Gasteiger partial charge in [0.25, 0.3) is 11.8 Å². The van der Waals surface area contributed by atoms with E-state index in [1.54, 1.807) is 0 Å². The Morgan fingerprint density at radius 1 is 0.960 bits per heavy atom. The molecule has 126 valence electrons. The van der Waals surface area contributed by atoms with Gasteiger partial charge < -0.3 is 10.2 Å². The lowest BCUT2D eigenvalue weighted by Crippen LogP contribution is -2.52. The molecular formula is C20H19N3O2. The Labute approximate surface area is 146 Å². The van der Waals surface area contributed by atoms with Crippen LogP contribution in [-0.4, -0.2) is 41.2 Å². The number of rotatable bonds is 2. The molecule has 0 unspecified atom stereocenters. The number of benzene rings is 2.